The van der Waals surface area contributed by atoms with Crippen molar-refractivity contribution in [3.63, 3.8) is 0 Å². The van der Waals surface area contributed by atoms with E-state index in [1.165, 1.54) is 5.56 Å². The summed E-state index contributed by atoms with van der Waals surface area (Å²) in [6.07, 6.45) is 1.54. The number of hydrogen-bond donors (Lipinski definition) is 0. The van der Waals surface area contributed by atoms with Crippen molar-refractivity contribution in [3.05, 3.63) is 35.9 Å². The third-order valence-corrected chi connectivity index (χ3v) is 4.43. The van der Waals surface area contributed by atoms with E-state index in [0.717, 1.165) is 17.1 Å². The first-order valence-electron chi connectivity index (χ1n) is 5.60. The standard InChI is InChI=1S/C13H18O2Se/c1-2-15-13(14)9-6-10-16-11-12-7-4-3-5-8-12/h3-5,7-8H,2,6,9-11H2,1H3. The molecular formula is C13H18O2Se. The van der Waals surface area contributed by atoms with Gasteiger partial charge < -0.3 is 0 Å². The van der Waals surface area contributed by atoms with Gasteiger partial charge in [0.25, 0.3) is 0 Å². The van der Waals surface area contributed by atoms with Crippen molar-refractivity contribution in [3.8, 4) is 0 Å². The van der Waals surface area contributed by atoms with Crippen molar-refractivity contribution in [2.45, 2.75) is 30.4 Å². The summed E-state index contributed by atoms with van der Waals surface area (Å²) in [4.78, 5) is 11.1. The molecule has 0 radical (unpaired) electrons. The second-order valence-electron chi connectivity index (χ2n) is 3.45. The number of rotatable bonds is 7. The first kappa shape index (κ1) is 13.3. The zero-order chi connectivity index (χ0) is 11.6. The molecule has 1 aromatic rings. The first-order chi connectivity index (χ1) is 7.83. The Kier molecular flexibility index (Phi) is 6.95. The molecule has 0 aromatic heterocycles. The van der Waals surface area contributed by atoms with Crippen LogP contribution in [0.15, 0.2) is 30.3 Å². The fourth-order valence-electron chi connectivity index (χ4n) is 1.32. The zero-order valence-corrected chi connectivity index (χ0v) is 11.4. The molecule has 1 rings (SSSR count). The molecule has 0 fully saturated rings. The molecule has 0 aliphatic carbocycles. The average molecular weight is 285 g/mol. The van der Waals surface area contributed by atoms with Crippen molar-refractivity contribution in [1.29, 1.82) is 0 Å². The number of ether oxygens (including phenoxy) is 1. The van der Waals surface area contributed by atoms with Crippen molar-refractivity contribution in [2.75, 3.05) is 6.61 Å². The molecule has 0 bridgehead atoms. The van der Waals surface area contributed by atoms with Gasteiger partial charge in [0.05, 0.1) is 0 Å². The Balaban J connectivity index is 2.02. The van der Waals surface area contributed by atoms with Gasteiger partial charge in [0.15, 0.2) is 0 Å². The molecule has 0 aliphatic rings. The van der Waals surface area contributed by atoms with Crippen LogP contribution in [0.2, 0.25) is 5.32 Å². The van der Waals surface area contributed by atoms with E-state index in [2.05, 4.69) is 24.3 Å². The van der Waals surface area contributed by atoms with E-state index in [1.54, 1.807) is 0 Å². The summed E-state index contributed by atoms with van der Waals surface area (Å²) >= 11 is 0.605. The topological polar surface area (TPSA) is 26.3 Å². The quantitative estimate of drug-likeness (QED) is 0.437. The summed E-state index contributed by atoms with van der Waals surface area (Å²) in [6.45, 7) is 2.34. The SMILES string of the molecule is CCOC(=O)CCC[Se]Cc1ccccc1. The van der Waals surface area contributed by atoms with Crippen LogP contribution in [0.25, 0.3) is 0 Å². The van der Waals surface area contributed by atoms with Crippen LogP contribution >= 0.6 is 0 Å². The average Bonchev–Trinajstić information content (AvgIpc) is 2.30. The van der Waals surface area contributed by atoms with Gasteiger partial charge in [0, 0.05) is 0 Å². The van der Waals surface area contributed by atoms with Gasteiger partial charge in [-0.2, -0.15) is 0 Å². The molecule has 3 heteroatoms. The molecule has 0 amide bonds. The molecule has 0 heterocycles. The molecule has 0 aliphatic heterocycles. The van der Waals surface area contributed by atoms with Crippen LogP contribution in [0.1, 0.15) is 25.3 Å². The number of esters is 1. The minimum atomic E-state index is -0.0574. The van der Waals surface area contributed by atoms with E-state index in [4.69, 9.17) is 4.74 Å². The Morgan fingerprint density at radius 1 is 1.31 bits per heavy atom. The van der Waals surface area contributed by atoms with Crippen LogP contribution in [-0.4, -0.2) is 27.5 Å². The minimum absolute atomic E-state index is 0.0574. The third kappa shape index (κ3) is 5.94. The van der Waals surface area contributed by atoms with Crippen LogP contribution in [0.5, 0.6) is 0 Å². The molecule has 0 saturated carbocycles. The fourth-order valence-corrected chi connectivity index (χ4v) is 3.25. The van der Waals surface area contributed by atoms with Gasteiger partial charge in [0.1, 0.15) is 0 Å². The predicted molar refractivity (Wildman–Crippen MR) is 66.6 cm³/mol. The van der Waals surface area contributed by atoms with E-state index >= 15 is 0 Å². The Morgan fingerprint density at radius 2 is 2.06 bits per heavy atom. The molecule has 2 nitrogen and oxygen atoms in total. The Hall–Kier alpha value is -0.791. The second-order valence-corrected chi connectivity index (χ2v) is 5.77. The number of carbonyl (C=O) groups excluding carboxylic acids is 1. The van der Waals surface area contributed by atoms with Crippen molar-refractivity contribution < 1.29 is 9.53 Å². The molecule has 0 unspecified atom stereocenters. The predicted octanol–water partition coefficient (Wildman–Crippen LogP) is 2.65. The molecule has 88 valence electrons. The van der Waals surface area contributed by atoms with Crippen LogP contribution < -0.4 is 0 Å². The number of benzene rings is 1. The number of carbonyl (C=O) groups is 1. The molecule has 0 saturated heterocycles. The zero-order valence-electron chi connectivity index (χ0n) is 9.65. The number of hydrogen-bond acceptors (Lipinski definition) is 2. The maximum absolute atomic E-state index is 11.1. The van der Waals surface area contributed by atoms with Crippen molar-refractivity contribution in [1.82, 2.24) is 0 Å². The van der Waals surface area contributed by atoms with Gasteiger partial charge in [0.2, 0.25) is 0 Å². The summed E-state index contributed by atoms with van der Waals surface area (Å²) in [5, 5.41) is 2.32. The van der Waals surface area contributed by atoms with Gasteiger partial charge in [-0.3, -0.25) is 0 Å². The van der Waals surface area contributed by atoms with E-state index < -0.39 is 0 Å². The van der Waals surface area contributed by atoms with E-state index in [-0.39, 0.29) is 5.97 Å². The van der Waals surface area contributed by atoms with Gasteiger partial charge >= 0.3 is 103 Å². The van der Waals surface area contributed by atoms with Crippen molar-refractivity contribution in [2.24, 2.45) is 0 Å². The summed E-state index contributed by atoms with van der Waals surface area (Å²) < 4.78 is 4.87. The molecule has 0 atom stereocenters. The Bertz CT molecular complexity index is 298. The fraction of sp³-hybridized carbons (Fsp3) is 0.462. The van der Waals surface area contributed by atoms with Gasteiger partial charge in [-0.05, 0) is 0 Å². The molecule has 0 N–H and O–H groups in total. The Labute approximate surface area is 104 Å². The summed E-state index contributed by atoms with van der Waals surface area (Å²) in [5.74, 6) is -0.0574. The molecule has 1 aromatic carbocycles. The normalized spacial score (nSPS) is 10.1. The van der Waals surface area contributed by atoms with Crippen LogP contribution in [-0.2, 0) is 14.9 Å². The Morgan fingerprint density at radius 3 is 2.75 bits per heavy atom. The van der Waals surface area contributed by atoms with Gasteiger partial charge in [-0.1, -0.05) is 0 Å². The summed E-state index contributed by atoms with van der Waals surface area (Å²) in [6, 6.07) is 10.5. The van der Waals surface area contributed by atoms with Crippen LogP contribution in [0, 0.1) is 0 Å². The monoisotopic (exact) mass is 286 g/mol. The van der Waals surface area contributed by atoms with Crippen LogP contribution in [0.3, 0.4) is 0 Å². The second kappa shape index (κ2) is 8.37. The molecule has 0 spiro atoms. The third-order valence-electron chi connectivity index (χ3n) is 2.09. The molecule has 16 heavy (non-hydrogen) atoms. The van der Waals surface area contributed by atoms with E-state index in [1.807, 2.05) is 13.0 Å². The summed E-state index contributed by atoms with van der Waals surface area (Å²) in [5.41, 5.74) is 1.40. The van der Waals surface area contributed by atoms with Gasteiger partial charge in [-0.25, -0.2) is 0 Å². The molecular weight excluding hydrogens is 267 g/mol. The summed E-state index contributed by atoms with van der Waals surface area (Å²) in [7, 11) is 0. The van der Waals surface area contributed by atoms with Crippen LogP contribution in [0.4, 0.5) is 0 Å². The van der Waals surface area contributed by atoms with E-state index in [9.17, 15) is 4.79 Å². The van der Waals surface area contributed by atoms with Gasteiger partial charge in [-0.15, -0.1) is 0 Å². The maximum atomic E-state index is 11.1. The van der Waals surface area contributed by atoms with E-state index in [0.29, 0.717) is 28.0 Å². The first-order valence-corrected chi connectivity index (χ1v) is 8.02. The van der Waals surface area contributed by atoms with Crippen molar-refractivity contribution >= 4 is 20.9 Å².